The number of aromatic nitrogens is 4. The van der Waals surface area contributed by atoms with E-state index in [4.69, 9.17) is 4.98 Å². The number of hydrogen-bond donors (Lipinski definition) is 1. The lowest BCUT2D eigenvalue weighted by Gasteiger charge is -2.07. The average Bonchev–Trinajstić information content (AvgIpc) is 2.75. The Morgan fingerprint density at radius 2 is 2.09 bits per heavy atom. The number of rotatable bonds is 3. The van der Waals surface area contributed by atoms with Crippen LogP contribution in [0.5, 0.6) is 0 Å². The van der Waals surface area contributed by atoms with Crippen molar-refractivity contribution in [2.75, 3.05) is 5.32 Å². The van der Waals surface area contributed by atoms with E-state index >= 15 is 0 Å². The first kappa shape index (κ1) is 14.2. The van der Waals surface area contributed by atoms with Gasteiger partial charge in [-0.25, -0.2) is 15.0 Å². The summed E-state index contributed by atoms with van der Waals surface area (Å²) in [6, 6.07) is 8.38. The SMILES string of the molecule is CCc1cc(Nc2ccc3c(c2)nc2n3CCCCC2)ncn1. The summed E-state index contributed by atoms with van der Waals surface area (Å²) in [6.07, 6.45) is 7.40. The van der Waals surface area contributed by atoms with Gasteiger partial charge in [0.25, 0.3) is 0 Å². The van der Waals surface area contributed by atoms with Gasteiger partial charge in [-0.05, 0) is 37.5 Å². The van der Waals surface area contributed by atoms with Crippen LogP contribution in [0, 0.1) is 0 Å². The third-order valence-corrected chi connectivity index (χ3v) is 4.47. The molecule has 0 saturated carbocycles. The van der Waals surface area contributed by atoms with Gasteiger partial charge >= 0.3 is 0 Å². The minimum absolute atomic E-state index is 0.831. The molecule has 0 aliphatic carbocycles. The number of benzene rings is 1. The van der Waals surface area contributed by atoms with Gasteiger partial charge in [0.2, 0.25) is 0 Å². The molecule has 118 valence electrons. The Kier molecular flexibility index (Phi) is 3.69. The van der Waals surface area contributed by atoms with Gasteiger partial charge in [0.15, 0.2) is 0 Å². The van der Waals surface area contributed by atoms with E-state index in [2.05, 4.69) is 45.0 Å². The van der Waals surface area contributed by atoms with E-state index in [1.165, 1.54) is 30.6 Å². The normalized spacial score (nSPS) is 14.5. The molecule has 5 heteroatoms. The maximum absolute atomic E-state index is 4.84. The third-order valence-electron chi connectivity index (χ3n) is 4.47. The van der Waals surface area contributed by atoms with Gasteiger partial charge in [-0.3, -0.25) is 0 Å². The van der Waals surface area contributed by atoms with E-state index in [9.17, 15) is 0 Å². The Morgan fingerprint density at radius 3 is 3.00 bits per heavy atom. The number of imidazole rings is 1. The Balaban J connectivity index is 1.66. The van der Waals surface area contributed by atoms with Crippen LogP contribution in [0.15, 0.2) is 30.6 Å². The van der Waals surface area contributed by atoms with E-state index in [-0.39, 0.29) is 0 Å². The van der Waals surface area contributed by atoms with Crippen molar-refractivity contribution in [1.29, 1.82) is 0 Å². The Labute approximate surface area is 135 Å². The standard InChI is InChI=1S/C18H21N5/c1-2-13-11-17(20-12-19-13)21-14-7-8-16-15(10-14)22-18-6-4-3-5-9-23(16)18/h7-8,10-12H,2-6,9H2,1H3,(H,19,20,21). The molecular formula is C18H21N5. The molecule has 0 unspecified atom stereocenters. The summed E-state index contributed by atoms with van der Waals surface area (Å²) >= 11 is 0. The number of anilines is 2. The molecule has 0 saturated heterocycles. The summed E-state index contributed by atoms with van der Waals surface area (Å²) < 4.78 is 2.38. The van der Waals surface area contributed by atoms with Crippen LogP contribution in [0.3, 0.4) is 0 Å². The first-order chi connectivity index (χ1) is 11.3. The maximum atomic E-state index is 4.84. The summed E-state index contributed by atoms with van der Waals surface area (Å²) in [5, 5.41) is 3.36. The molecule has 0 amide bonds. The molecule has 0 atom stereocenters. The molecule has 5 nitrogen and oxygen atoms in total. The predicted octanol–water partition coefficient (Wildman–Crippen LogP) is 3.86. The van der Waals surface area contributed by atoms with Crippen LogP contribution in [0.1, 0.15) is 37.7 Å². The zero-order chi connectivity index (χ0) is 15.6. The summed E-state index contributed by atoms with van der Waals surface area (Å²) in [6.45, 7) is 3.18. The molecule has 0 bridgehead atoms. The van der Waals surface area contributed by atoms with Gasteiger partial charge in [0, 0.05) is 30.4 Å². The van der Waals surface area contributed by atoms with Crippen LogP contribution in [-0.4, -0.2) is 19.5 Å². The first-order valence-electron chi connectivity index (χ1n) is 8.40. The predicted molar refractivity (Wildman–Crippen MR) is 92.0 cm³/mol. The zero-order valence-electron chi connectivity index (χ0n) is 13.4. The van der Waals surface area contributed by atoms with Gasteiger partial charge in [-0.1, -0.05) is 13.3 Å². The van der Waals surface area contributed by atoms with Crippen molar-refractivity contribution in [3.8, 4) is 0 Å². The van der Waals surface area contributed by atoms with E-state index in [1.807, 2.05) is 6.07 Å². The summed E-state index contributed by atoms with van der Waals surface area (Å²) in [5.74, 6) is 2.06. The molecule has 1 aliphatic rings. The fraction of sp³-hybridized carbons (Fsp3) is 0.389. The van der Waals surface area contributed by atoms with Crippen LogP contribution in [0.2, 0.25) is 0 Å². The number of aryl methyl sites for hydroxylation is 3. The van der Waals surface area contributed by atoms with E-state index < -0.39 is 0 Å². The molecule has 0 radical (unpaired) electrons. The smallest absolute Gasteiger partial charge is 0.133 e. The van der Waals surface area contributed by atoms with Gasteiger partial charge < -0.3 is 9.88 Å². The second-order valence-corrected chi connectivity index (χ2v) is 6.07. The lowest BCUT2D eigenvalue weighted by Crippen LogP contribution is -2.00. The number of nitrogens with one attached hydrogen (secondary N) is 1. The Bertz CT molecular complexity index is 837. The van der Waals surface area contributed by atoms with Gasteiger partial charge in [0.05, 0.1) is 11.0 Å². The molecule has 1 N–H and O–H groups in total. The van der Waals surface area contributed by atoms with Crippen molar-refractivity contribution >= 4 is 22.5 Å². The molecule has 1 aromatic carbocycles. The summed E-state index contributed by atoms with van der Waals surface area (Å²) in [7, 11) is 0. The minimum Gasteiger partial charge on any atom is -0.340 e. The monoisotopic (exact) mass is 307 g/mol. The maximum Gasteiger partial charge on any atom is 0.133 e. The van der Waals surface area contributed by atoms with Crippen LogP contribution in [-0.2, 0) is 19.4 Å². The Hall–Kier alpha value is -2.43. The average molecular weight is 307 g/mol. The first-order valence-corrected chi connectivity index (χ1v) is 8.40. The molecule has 1 aliphatic heterocycles. The Morgan fingerprint density at radius 1 is 1.13 bits per heavy atom. The molecule has 23 heavy (non-hydrogen) atoms. The largest absolute Gasteiger partial charge is 0.340 e. The molecule has 2 aromatic heterocycles. The molecular weight excluding hydrogens is 286 g/mol. The highest BCUT2D eigenvalue weighted by Crippen LogP contribution is 2.25. The van der Waals surface area contributed by atoms with E-state index in [0.29, 0.717) is 0 Å². The van der Waals surface area contributed by atoms with E-state index in [0.717, 1.165) is 42.1 Å². The zero-order valence-corrected chi connectivity index (χ0v) is 13.4. The van der Waals surface area contributed by atoms with Crippen molar-refractivity contribution in [3.05, 3.63) is 42.1 Å². The number of hydrogen-bond acceptors (Lipinski definition) is 4. The highest BCUT2D eigenvalue weighted by molar-refractivity contribution is 5.81. The van der Waals surface area contributed by atoms with Crippen LogP contribution in [0.25, 0.3) is 11.0 Å². The number of fused-ring (bicyclic) bond motifs is 3. The fourth-order valence-corrected chi connectivity index (χ4v) is 3.23. The highest BCUT2D eigenvalue weighted by atomic mass is 15.1. The lowest BCUT2D eigenvalue weighted by molar-refractivity contribution is 0.647. The lowest BCUT2D eigenvalue weighted by atomic mass is 10.2. The van der Waals surface area contributed by atoms with Gasteiger partial charge in [-0.2, -0.15) is 0 Å². The molecule has 0 fully saturated rings. The van der Waals surface area contributed by atoms with Gasteiger partial charge in [-0.15, -0.1) is 0 Å². The molecule has 3 heterocycles. The van der Waals surface area contributed by atoms with Crippen LogP contribution < -0.4 is 5.32 Å². The summed E-state index contributed by atoms with van der Waals surface area (Å²) in [5.41, 5.74) is 4.37. The topological polar surface area (TPSA) is 55.6 Å². The highest BCUT2D eigenvalue weighted by Gasteiger charge is 2.13. The minimum atomic E-state index is 0.831. The summed E-state index contributed by atoms with van der Waals surface area (Å²) in [4.78, 5) is 13.4. The van der Waals surface area contributed by atoms with Crippen molar-refractivity contribution in [2.24, 2.45) is 0 Å². The number of nitrogens with zero attached hydrogens (tertiary/aromatic N) is 4. The van der Waals surface area contributed by atoms with Crippen molar-refractivity contribution in [3.63, 3.8) is 0 Å². The molecule has 0 spiro atoms. The van der Waals surface area contributed by atoms with Crippen LogP contribution >= 0.6 is 0 Å². The quantitative estimate of drug-likeness (QED) is 0.798. The van der Waals surface area contributed by atoms with Crippen molar-refractivity contribution < 1.29 is 0 Å². The van der Waals surface area contributed by atoms with E-state index in [1.54, 1.807) is 6.33 Å². The molecule has 3 aromatic rings. The van der Waals surface area contributed by atoms with Crippen molar-refractivity contribution in [2.45, 2.75) is 45.6 Å². The van der Waals surface area contributed by atoms with Gasteiger partial charge in [0.1, 0.15) is 18.0 Å². The third kappa shape index (κ3) is 2.79. The molecule has 4 rings (SSSR count). The van der Waals surface area contributed by atoms with Crippen LogP contribution in [0.4, 0.5) is 11.5 Å². The second-order valence-electron chi connectivity index (χ2n) is 6.07. The second kappa shape index (κ2) is 5.99. The fourth-order valence-electron chi connectivity index (χ4n) is 3.23. The van der Waals surface area contributed by atoms with Crippen molar-refractivity contribution in [1.82, 2.24) is 19.5 Å².